The van der Waals surface area contributed by atoms with Crippen molar-refractivity contribution in [2.75, 3.05) is 38.1 Å². The highest BCUT2D eigenvalue weighted by Gasteiger charge is 2.41. The molecule has 1 aliphatic rings. The molecule has 0 saturated carbocycles. The Morgan fingerprint density at radius 1 is 1.16 bits per heavy atom. The molecule has 1 aliphatic heterocycles. The molecule has 0 amide bonds. The fraction of sp³-hybridized carbons (Fsp3) is 0.409. The summed E-state index contributed by atoms with van der Waals surface area (Å²) in [5, 5.41) is 18.1. The van der Waals surface area contributed by atoms with E-state index >= 15 is 0 Å². The van der Waals surface area contributed by atoms with Crippen LogP contribution in [0.15, 0.2) is 42.7 Å². The zero-order valence-electron chi connectivity index (χ0n) is 17.1. The Labute approximate surface area is 179 Å². The van der Waals surface area contributed by atoms with Gasteiger partial charge in [0.15, 0.2) is 5.82 Å². The normalized spacial score (nSPS) is 18.2. The number of pyridine rings is 1. The molecule has 7 nitrogen and oxygen atoms in total. The van der Waals surface area contributed by atoms with Gasteiger partial charge in [-0.25, -0.2) is 18.7 Å². The quantitative estimate of drug-likeness (QED) is 0.410. The average molecular weight is 428 g/mol. The van der Waals surface area contributed by atoms with Crippen LogP contribution in [-0.4, -0.2) is 58.8 Å². The topological polar surface area (TPSA) is 95.0 Å². The Kier molecular flexibility index (Phi) is 6.64. The fourth-order valence-corrected chi connectivity index (χ4v) is 3.67. The molecule has 3 aromatic rings. The van der Waals surface area contributed by atoms with Gasteiger partial charge in [0.1, 0.15) is 5.52 Å². The standard InChI is InChI=1S/C22H26F2N6O/c23-22(24)5-6-25-13-17(22)14-29-21-20-19(27-7-8-28-20)11-18(30-21)16-3-1-15(2-4-16)12-26-9-10-31/h1-4,7-8,11,17,25-26,31H,5-6,9-10,12-14H2,(H,29,30). The highest BCUT2D eigenvalue weighted by Crippen LogP contribution is 2.31. The number of aliphatic hydroxyl groups excluding tert-OH is 1. The van der Waals surface area contributed by atoms with Gasteiger partial charge < -0.3 is 21.1 Å². The van der Waals surface area contributed by atoms with E-state index in [1.807, 2.05) is 30.3 Å². The van der Waals surface area contributed by atoms with Crippen molar-refractivity contribution in [2.24, 2.45) is 5.92 Å². The second-order valence-corrected chi connectivity index (χ2v) is 7.67. The Morgan fingerprint density at radius 3 is 2.74 bits per heavy atom. The number of aromatic nitrogens is 3. The molecule has 9 heteroatoms. The van der Waals surface area contributed by atoms with Crippen molar-refractivity contribution < 1.29 is 13.9 Å². The summed E-state index contributed by atoms with van der Waals surface area (Å²) in [4.78, 5) is 13.4. The number of fused-ring (bicyclic) bond motifs is 1. The van der Waals surface area contributed by atoms with Gasteiger partial charge in [0.2, 0.25) is 0 Å². The van der Waals surface area contributed by atoms with E-state index in [0.717, 1.165) is 11.1 Å². The van der Waals surface area contributed by atoms with Gasteiger partial charge in [0.25, 0.3) is 5.92 Å². The lowest BCUT2D eigenvalue weighted by atomic mass is 9.95. The summed E-state index contributed by atoms with van der Waals surface area (Å²) >= 11 is 0. The molecule has 2 aromatic heterocycles. The van der Waals surface area contributed by atoms with Crippen molar-refractivity contribution in [3.05, 3.63) is 48.3 Å². The van der Waals surface area contributed by atoms with E-state index in [0.29, 0.717) is 42.2 Å². The number of hydrogen-bond acceptors (Lipinski definition) is 7. The molecule has 31 heavy (non-hydrogen) atoms. The molecule has 0 spiro atoms. The van der Waals surface area contributed by atoms with Crippen LogP contribution >= 0.6 is 0 Å². The predicted octanol–water partition coefficient (Wildman–Crippen LogP) is 2.43. The number of nitrogens with one attached hydrogen (secondary N) is 3. The highest BCUT2D eigenvalue weighted by atomic mass is 19.3. The molecule has 0 radical (unpaired) electrons. The fourth-order valence-electron chi connectivity index (χ4n) is 3.67. The molecular weight excluding hydrogens is 402 g/mol. The van der Waals surface area contributed by atoms with Gasteiger partial charge >= 0.3 is 0 Å². The summed E-state index contributed by atoms with van der Waals surface area (Å²) < 4.78 is 28.5. The largest absolute Gasteiger partial charge is 0.395 e. The van der Waals surface area contributed by atoms with Crippen LogP contribution in [0.5, 0.6) is 0 Å². The molecule has 4 N–H and O–H groups in total. The van der Waals surface area contributed by atoms with Crippen molar-refractivity contribution in [1.29, 1.82) is 0 Å². The van der Waals surface area contributed by atoms with Gasteiger partial charge in [-0.3, -0.25) is 4.98 Å². The first-order valence-electron chi connectivity index (χ1n) is 10.4. The lowest BCUT2D eigenvalue weighted by Crippen LogP contribution is -2.47. The van der Waals surface area contributed by atoms with E-state index in [4.69, 9.17) is 5.11 Å². The van der Waals surface area contributed by atoms with Crippen LogP contribution in [0.1, 0.15) is 12.0 Å². The van der Waals surface area contributed by atoms with E-state index in [9.17, 15) is 8.78 Å². The van der Waals surface area contributed by atoms with Crippen LogP contribution in [0.3, 0.4) is 0 Å². The summed E-state index contributed by atoms with van der Waals surface area (Å²) in [6.07, 6.45) is 3.01. The number of benzene rings is 1. The number of halogens is 2. The zero-order valence-corrected chi connectivity index (χ0v) is 17.1. The molecule has 164 valence electrons. The molecule has 1 saturated heterocycles. The lowest BCUT2D eigenvalue weighted by molar-refractivity contribution is -0.0728. The summed E-state index contributed by atoms with van der Waals surface area (Å²) in [6.45, 7) is 1.98. The second-order valence-electron chi connectivity index (χ2n) is 7.67. The number of nitrogens with zero attached hydrogens (tertiary/aromatic N) is 3. The van der Waals surface area contributed by atoms with Crippen molar-refractivity contribution in [3.8, 4) is 11.3 Å². The Hall–Kier alpha value is -2.75. The van der Waals surface area contributed by atoms with E-state index in [1.165, 1.54) is 0 Å². The molecule has 0 bridgehead atoms. The van der Waals surface area contributed by atoms with Crippen LogP contribution in [0.4, 0.5) is 14.6 Å². The minimum Gasteiger partial charge on any atom is -0.395 e. The number of rotatable bonds is 8. The SMILES string of the molecule is OCCNCc1ccc(-c2cc3nccnc3c(NCC3CNCCC3(F)F)n2)cc1. The molecule has 1 aromatic carbocycles. The number of anilines is 1. The molecule has 4 rings (SSSR count). The molecule has 1 fully saturated rings. The Balaban J connectivity index is 1.57. The maximum absolute atomic E-state index is 14.2. The maximum Gasteiger partial charge on any atom is 0.255 e. The van der Waals surface area contributed by atoms with Crippen LogP contribution in [0.2, 0.25) is 0 Å². The number of piperidine rings is 1. The van der Waals surface area contributed by atoms with Crippen LogP contribution in [0, 0.1) is 5.92 Å². The first kappa shape index (κ1) is 21.5. The lowest BCUT2D eigenvalue weighted by Gasteiger charge is -2.32. The van der Waals surface area contributed by atoms with Gasteiger partial charge in [-0.15, -0.1) is 0 Å². The first-order valence-corrected chi connectivity index (χ1v) is 10.4. The molecule has 1 atom stereocenters. The van der Waals surface area contributed by atoms with Crippen molar-refractivity contribution >= 4 is 16.9 Å². The monoisotopic (exact) mass is 428 g/mol. The highest BCUT2D eigenvalue weighted by molar-refractivity contribution is 5.88. The van der Waals surface area contributed by atoms with Crippen molar-refractivity contribution in [3.63, 3.8) is 0 Å². The minimum atomic E-state index is -2.71. The van der Waals surface area contributed by atoms with E-state index in [2.05, 4.69) is 30.9 Å². The smallest absolute Gasteiger partial charge is 0.255 e. The summed E-state index contributed by atoms with van der Waals surface area (Å²) in [5.74, 6) is -3.07. The summed E-state index contributed by atoms with van der Waals surface area (Å²) in [7, 11) is 0. The zero-order chi connectivity index (χ0) is 21.7. The third kappa shape index (κ3) is 5.12. The number of aliphatic hydroxyl groups is 1. The minimum absolute atomic E-state index is 0.0948. The van der Waals surface area contributed by atoms with E-state index in [1.54, 1.807) is 12.4 Å². The van der Waals surface area contributed by atoms with Crippen LogP contribution in [-0.2, 0) is 6.54 Å². The number of hydrogen-bond donors (Lipinski definition) is 4. The van der Waals surface area contributed by atoms with Gasteiger partial charge in [-0.2, -0.15) is 0 Å². The third-order valence-corrected chi connectivity index (χ3v) is 5.46. The van der Waals surface area contributed by atoms with Gasteiger partial charge in [-0.1, -0.05) is 24.3 Å². The number of alkyl halides is 2. The Morgan fingerprint density at radius 2 is 1.97 bits per heavy atom. The van der Waals surface area contributed by atoms with Gasteiger partial charge in [-0.05, 0) is 11.6 Å². The van der Waals surface area contributed by atoms with Crippen LogP contribution in [0.25, 0.3) is 22.3 Å². The Bertz CT molecular complexity index is 1010. The van der Waals surface area contributed by atoms with Gasteiger partial charge in [0.05, 0.1) is 23.7 Å². The van der Waals surface area contributed by atoms with Gasteiger partial charge in [0, 0.05) is 57.1 Å². The van der Waals surface area contributed by atoms with Crippen molar-refractivity contribution in [1.82, 2.24) is 25.6 Å². The molecule has 3 heterocycles. The molecule has 0 aliphatic carbocycles. The van der Waals surface area contributed by atoms with E-state index < -0.39 is 11.8 Å². The van der Waals surface area contributed by atoms with Crippen molar-refractivity contribution in [2.45, 2.75) is 18.9 Å². The first-order chi connectivity index (χ1) is 15.1. The molecular formula is C22H26F2N6O. The summed E-state index contributed by atoms with van der Waals surface area (Å²) in [6, 6.07) is 9.75. The predicted molar refractivity (Wildman–Crippen MR) is 116 cm³/mol. The molecule has 1 unspecified atom stereocenters. The maximum atomic E-state index is 14.2. The second kappa shape index (κ2) is 9.59. The summed E-state index contributed by atoms with van der Waals surface area (Å²) in [5.41, 5.74) is 3.88. The average Bonchev–Trinajstić information content (AvgIpc) is 2.78. The van der Waals surface area contributed by atoms with Crippen LogP contribution < -0.4 is 16.0 Å². The third-order valence-electron chi connectivity index (χ3n) is 5.46. The van der Waals surface area contributed by atoms with E-state index in [-0.39, 0.29) is 26.1 Å².